The Labute approximate surface area is 211 Å². The van der Waals surface area contributed by atoms with Crippen LogP contribution >= 0.6 is 7.82 Å². The average molecular weight is 493 g/mol. The molecule has 5 rings (SSSR count). The molecule has 0 fully saturated rings. The molecular formula is C31H25O4P. The summed E-state index contributed by atoms with van der Waals surface area (Å²) in [5.74, 6) is 1.16. The van der Waals surface area contributed by atoms with Crippen molar-refractivity contribution in [1.29, 1.82) is 0 Å². The lowest BCUT2D eigenvalue weighted by atomic mass is 10.00. The van der Waals surface area contributed by atoms with E-state index in [2.05, 4.69) is 55.5 Å². The van der Waals surface area contributed by atoms with E-state index in [0.717, 1.165) is 16.7 Å². The Bertz CT molecular complexity index is 1400. The number of benzene rings is 5. The van der Waals surface area contributed by atoms with E-state index in [1.54, 1.807) is 60.7 Å². The fourth-order valence-corrected chi connectivity index (χ4v) is 4.97. The van der Waals surface area contributed by atoms with E-state index in [1.165, 1.54) is 11.1 Å². The molecule has 0 aliphatic carbocycles. The Morgan fingerprint density at radius 3 is 1.11 bits per heavy atom. The molecule has 0 bridgehead atoms. The minimum atomic E-state index is -4.02. The second-order valence-corrected chi connectivity index (χ2v) is 9.76. The normalized spacial score (nSPS) is 11.0. The van der Waals surface area contributed by atoms with Crippen LogP contribution in [-0.2, 0) is 4.57 Å². The van der Waals surface area contributed by atoms with Gasteiger partial charge < -0.3 is 13.6 Å². The molecule has 0 aromatic heterocycles. The molecule has 0 aliphatic rings. The predicted octanol–water partition coefficient (Wildman–Crippen LogP) is 8.97. The lowest BCUT2D eigenvalue weighted by molar-refractivity contribution is 0.298. The summed E-state index contributed by atoms with van der Waals surface area (Å²) >= 11 is 0. The molecule has 0 unspecified atom stereocenters. The van der Waals surface area contributed by atoms with Gasteiger partial charge in [-0.05, 0) is 65.6 Å². The first-order chi connectivity index (χ1) is 17.6. The second-order valence-electron chi connectivity index (χ2n) is 8.31. The second kappa shape index (κ2) is 10.6. The number of hydrogen-bond acceptors (Lipinski definition) is 4. The number of rotatable bonds is 8. The van der Waals surface area contributed by atoms with Crippen molar-refractivity contribution in [2.45, 2.75) is 6.92 Å². The lowest BCUT2D eigenvalue weighted by Gasteiger charge is -2.19. The molecule has 0 atom stereocenters. The first-order valence-electron chi connectivity index (χ1n) is 11.6. The summed E-state index contributed by atoms with van der Waals surface area (Å²) < 4.78 is 30.8. The van der Waals surface area contributed by atoms with Crippen LogP contribution in [0, 0.1) is 6.92 Å². The molecular weight excluding hydrogens is 467 g/mol. The van der Waals surface area contributed by atoms with Crippen molar-refractivity contribution < 1.29 is 18.1 Å². The highest BCUT2D eigenvalue weighted by atomic mass is 31.2. The van der Waals surface area contributed by atoms with Gasteiger partial charge in [0, 0.05) is 0 Å². The molecule has 0 N–H and O–H groups in total. The molecule has 0 heterocycles. The molecule has 0 saturated heterocycles. The summed E-state index contributed by atoms with van der Waals surface area (Å²) in [6.45, 7) is 2.08. The largest absolute Gasteiger partial charge is 0.647 e. The van der Waals surface area contributed by atoms with Crippen LogP contribution in [0.25, 0.3) is 22.3 Å². The van der Waals surface area contributed by atoms with Crippen LogP contribution in [0.2, 0.25) is 0 Å². The van der Waals surface area contributed by atoms with E-state index in [0.29, 0.717) is 17.2 Å². The Kier molecular flexibility index (Phi) is 6.88. The van der Waals surface area contributed by atoms with Gasteiger partial charge in [-0.1, -0.05) is 103 Å². The third-order valence-corrected chi connectivity index (χ3v) is 6.90. The molecule has 0 aliphatic heterocycles. The highest BCUT2D eigenvalue weighted by Crippen LogP contribution is 2.49. The molecule has 0 amide bonds. The van der Waals surface area contributed by atoms with Crippen LogP contribution in [0.5, 0.6) is 17.2 Å². The summed E-state index contributed by atoms with van der Waals surface area (Å²) in [4.78, 5) is 0. The first kappa shape index (κ1) is 23.5. The SMILES string of the molecule is Cc1ccc(-c2ccc(-c3ccc(OP(=O)(Oc4ccccc4)Oc4ccccc4)cc3)cc2)cc1. The van der Waals surface area contributed by atoms with Crippen LogP contribution < -0.4 is 13.6 Å². The number of phosphoric acid groups is 1. The minimum absolute atomic E-state index is 0.380. The Balaban J connectivity index is 1.34. The molecule has 5 aromatic rings. The van der Waals surface area contributed by atoms with Crippen LogP contribution in [0.15, 0.2) is 133 Å². The van der Waals surface area contributed by atoms with Crippen molar-refractivity contribution >= 4 is 7.82 Å². The fourth-order valence-electron chi connectivity index (χ4n) is 3.72. The van der Waals surface area contributed by atoms with Gasteiger partial charge in [0.1, 0.15) is 17.2 Å². The van der Waals surface area contributed by atoms with Gasteiger partial charge in [0.25, 0.3) is 0 Å². The van der Waals surface area contributed by atoms with E-state index < -0.39 is 7.82 Å². The number of hydrogen-bond donors (Lipinski definition) is 0. The number of para-hydroxylation sites is 2. The molecule has 5 aromatic carbocycles. The smallest absolute Gasteiger partial charge is 0.386 e. The molecule has 0 radical (unpaired) electrons. The highest BCUT2D eigenvalue weighted by molar-refractivity contribution is 7.49. The van der Waals surface area contributed by atoms with Gasteiger partial charge in [-0.15, -0.1) is 0 Å². The summed E-state index contributed by atoms with van der Waals surface area (Å²) in [5, 5.41) is 0. The maximum atomic E-state index is 13.6. The summed E-state index contributed by atoms with van der Waals surface area (Å²) in [5.41, 5.74) is 5.67. The number of aryl methyl sites for hydroxylation is 1. The van der Waals surface area contributed by atoms with Gasteiger partial charge in [0.05, 0.1) is 0 Å². The molecule has 178 valence electrons. The van der Waals surface area contributed by atoms with Crippen molar-refractivity contribution in [3.05, 3.63) is 139 Å². The number of phosphoric ester groups is 1. The average Bonchev–Trinajstić information content (AvgIpc) is 2.91. The van der Waals surface area contributed by atoms with Gasteiger partial charge in [-0.3, -0.25) is 0 Å². The van der Waals surface area contributed by atoms with Crippen molar-refractivity contribution in [3.8, 4) is 39.5 Å². The fraction of sp³-hybridized carbons (Fsp3) is 0.0323. The van der Waals surface area contributed by atoms with Crippen LogP contribution in [0.3, 0.4) is 0 Å². The lowest BCUT2D eigenvalue weighted by Crippen LogP contribution is -2.07. The molecule has 0 spiro atoms. The summed E-state index contributed by atoms with van der Waals surface area (Å²) in [7, 11) is -4.02. The topological polar surface area (TPSA) is 44.8 Å². The standard InChI is InChI=1S/C31H25O4P/c1-24-12-14-25(15-13-24)26-16-18-27(19-17-26)28-20-22-31(23-21-28)35-36(32,33-29-8-4-2-5-9-29)34-30-10-6-3-7-11-30/h2-23H,1H3. The minimum Gasteiger partial charge on any atom is -0.386 e. The van der Waals surface area contributed by atoms with Gasteiger partial charge in [0.15, 0.2) is 0 Å². The summed E-state index contributed by atoms with van der Waals surface area (Å²) in [6.07, 6.45) is 0. The van der Waals surface area contributed by atoms with Crippen LogP contribution in [0.1, 0.15) is 5.56 Å². The van der Waals surface area contributed by atoms with Gasteiger partial charge >= 0.3 is 7.82 Å². The van der Waals surface area contributed by atoms with E-state index in [1.807, 2.05) is 24.3 Å². The van der Waals surface area contributed by atoms with Crippen molar-refractivity contribution in [1.82, 2.24) is 0 Å². The monoisotopic (exact) mass is 492 g/mol. The quantitative estimate of drug-likeness (QED) is 0.203. The molecule has 4 nitrogen and oxygen atoms in total. The zero-order valence-electron chi connectivity index (χ0n) is 19.8. The van der Waals surface area contributed by atoms with Gasteiger partial charge in [-0.2, -0.15) is 4.57 Å². The van der Waals surface area contributed by atoms with Gasteiger partial charge in [-0.25, -0.2) is 0 Å². The van der Waals surface area contributed by atoms with Crippen LogP contribution in [0.4, 0.5) is 0 Å². The van der Waals surface area contributed by atoms with Crippen molar-refractivity contribution in [3.63, 3.8) is 0 Å². The maximum absolute atomic E-state index is 13.6. The third-order valence-electron chi connectivity index (χ3n) is 5.60. The van der Waals surface area contributed by atoms with Gasteiger partial charge in [0.2, 0.25) is 0 Å². The molecule has 0 saturated carbocycles. The Morgan fingerprint density at radius 1 is 0.417 bits per heavy atom. The highest BCUT2D eigenvalue weighted by Gasteiger charge is 2.33. The first-order valence-corrected chi connectivity index (χ1v) is 13.1. The summed E-state index contributed by atoms with van der Waals surface area (Å²) in [6, 6.07) is 41.9. The molecule has 36 heavy (non-hydrogen) atoms. The zero-order chi connectivity index (χ0) is 24.8. The van der Waals surface area contributed by atoms with Crippen molar-refractivity contribution in [2.75, 3.05) is 0 Å². The van der Waals surface area contributed by atoms with Crippen molar-refractivity contribution in [2.24, 2.45) is 0 Å². The van der Waals surface area contributed by atoms with E-state index in [9.17, 15) is 4.57 Å². The van der Waals surface area contributed by atoms with E-state index in [-0.39, 0.29) is 0 Å². The Hall–Kier alpha value is -4.27. The zero-order valence-corrected chi connectivity index (χ0v) is 20.7. The predicted molar refractivity (Wildman–Crippen MR) is 144 cm³/mol. The molecule has 5 heteroatoms. The van der Waals surface area contributed by atoms with E-state index in [4.69, 9.17) is 13.6 Å². The van der Waals surface area contributed by atoms with E-state index >= 15 is 0 Å². The third kappa shape index (κ3) is 5.86. The maximum Gasteiger partial charge on any atom is 0.647 e. The Morgan fingerprint density at radius 2 is 0.722 bits per heavy atom. The van der Waals surface area contributed by atoms with Crippen LogP contribution in [-0.4, -0.2) is 0 Å².